The standard InChI is InChI=1S/C17H23BrN2O3S/c1-10(11-5-6-11)20-9-12-7-13(18)8-14(15(12)16(20)21)19-24(22,23)17(2,3)4/h7-8,10-11,19H,5-6,9H2,1-4H3/t10-/m0/s1. The molecule has 3 rings (SSSR count). The van der Waals surface area contributed by atoms with Crippen LogP contribution in [0.2, 0.25) is 0 Å². The minimum absolute atomic E-state index is 0.0801. The van der Waals surface area contributed by atoms with E-state index in [2.05, 4.69) is 27.6 Å². The average Bonchev–Trinajstić information content (AvgIpc) is 3.21. The second-order valence-corrected chi connectivity index (χ2v) is 11.1. The maximum atomic E-state index is 12.9. The lowest BCUT2D eigenvalue weighted by molar-refractivity contribution is 0.0698. The minimum Gasteiger partial charge on any atom is -0.331 e. The van der Waals surface area contributed by atoms with E-state index in [1.54, 1.807) is 26.8 Å². The van der Waals surface area contributed by atoms with Gasteiger partial charge in [-0.05, 0) is 64.2 Å². The highest BCUT2D eigenvalue weighted by Crippen LogP contribution is 2.41. The molecular weight excluding hydrogens is 392 g/mol. The molecule has 2 aliphatic rings. The van der Waals surface area contributed by atoms with E-state index >= 15 is 0 Å². The van der Waals surface area contributed by atoms with Crippen molar-refractivity contribution in [1.82, 2.24) is 4.90 Å². The Morgan fingerprint density at radius 2 is 1.92 bits per heavy atom. The zero-order valence-electron chi connectivity index (χ0n) is 14.4. The number of sulfonamides is 1. The topological polar surface area (TPSA) is 66.5 Å². The summed E-state index contributed by atoms with van der Waals surface area (Å²) in [5.74, 6) is 0.491. The molecule has 5 nitrogen and oxygen atoms in total. The number of nitrogens with one attached hydrogen (secondary N) is 1. The van der Waals surface area contributed by atoms with E-state index in [4.69, 9.17) is 0 Å². The Kier molecular flexibility index (Phi) is 4.23. The monoisotopic (exact) mass is 414 g/mol. The zero-order valence-corrected chi connectivity index (χ0v) is 16.8. The lowest BCUT2D eigenvalue weighted by atomic mass is 10.1. The number of amides is 1. The molecule has 24 heavy (non-hydrogen) atoms. The Balaban J connectivity index is 1.99. The molecule has 0 radical (unpaired) electrons. The van der Waals surface area contributed by atoms with Gasteiger partial charge < -0.3 is 4.90 Å². The summed E-state index contributed by atoms with van der Waals surface area (Å²) in [7, 11) is -3.60. The van der Waals surface area contributed by atoms with Gasteiger partial charge in [-0.25, -0.2) is 8.42 Å². The maximum absolute atomic E-state index is 12.9. The number of anilines is 1. The molecule has 0 spiro atoms. The highest BCUT2D eigenvalue weighted by molar-refractivity contribution is 9.10. The van der Waals surface area contributed by atoms with Crippen LogP contribution in [0.5, 0.6) is 0 Å². The number of carbonyl (C=O) groups is 1. The highest BCUT2D eigenvalue weighted by atomic mass is 79.9. The van der Waals surface area contributed by atoms with Crippen molar-refractivity contribution in [1.29, 1.82) is 0 Å². The van der Waals surface area contributed by atoms with Crippen LogP contribution >= 0.6 is 15.9 Å². The van der Waals surface area contributed by atoms with Crippen molar-refractivity contribution < 1.29 is 13.2 Å². The van der Waals surface area contributed by atoms with Crippen molar-refractivity contribution in [2.45, 2.75) is 57.9 Å². The molecule has 1 aromatic rings. The third-order valence-electron chi connectivity index (χ3n) is 4.85. The second-order valence-electron chi connectivity index (χ2n) is 7.72. The summed E-state index contributed by atoms with van der Waals surface area (Å²) in [6.45, 7) is 7.52. The molecule has 1 amide bonds. The quantitative estimate of drug-likeness (QED) is 0.815. The van der Waals surface area contributed by atoms with Gasteiger partial charge >= 0.3 is 0 Å². The van der Waals surface area contributed by atoms with Crippen molar-refractivity contribution in [2.24, 2.45) is 5.92 Å². The molecule has 0 bridgehead atoms. The maximum Gasteiger partial charge on any atom is 0.256 e. The first-order valence-corrected chi connectivity index (χ1v) is 10.4. The number of rotatable bonds is 4. The van der Waals surface area contributed by atoms with Crippen LogP contribution in [-0.4, -0.2) is 30.0 Å². The predicted molar refractivity (Wildman–Crippen MR) is 98.5 cm³/mol. The number of benzene rings is 1. The summed E-state index contributed by atoms with van der Waals surface area (Å²) < 4.78 is 27.5. The van der Waals surface area contributed by atoms with Gasteiger partial charge in [-0.15, -0.1) is 0 Å². The van der Waals surface area contributed by atoms with Gasteiger partial charge in [0, 0.05) is 17.1 Å². The lowest BCUT2D eigenvalue weighted by Crippen LogP contribution is -2.36. The van der Waals surface area contributed by atoms with Crippen LogP contribution in [0.25, 0.3) is 0 Å². The van der Waals surface area contributed by atoms with E-state index in [1.807, 2.05) is 11.0 Å². The van der Waals surface area contributed by atoms with Crippen molar-refractivity contribution in [3.8, 4) is 0 Å². The van der Waals surface area contributed by atoms with Crippen LogP contribution in [0, 0.1) is 5.92 Å². The van der Waals surface area contributed by atoms with Crippen LogP contribution in [0.3, 0.4) is 0 Å². The van der Waals surface area contributed by atoms with Gasteiger partial charge in [-0.3, -0.25) is 9.52 Å². The van der Waals surface area contributed by atoms with E-state index in [0.717, 1.165) is 22.9 Å². The average molecular weight is 415 g/mol. The SMILES string of the molecule is C[C@@H](C1CC1)N1Cc2cc(Br)cc(NS(=O)(=O)C(C)(C)C)c2C1=O. The molecule has 1 N–H and O–H groups in total. The van der Waals surface area contributed by atoms with E-state index < -0.39 is 14.8 Å². The highest BCUT2D eigenvalue weighted by Gasteiger charge is 2.40. The Hall–Kier alpha value is -1.08. The van der Waals surface area contributed by atoms with Gasteiger partial charge in [-0.1, -0.05) is 15.9 Å². The van der Waals surface area contributed by atoms with E-state index in [-0.39, 0.29) is 11.9 Å². The fourth-order valence-corrected chi connectivity index (χ4v) is 4.24. The number of carbonyl (C=O) groups excluding carboxylic acids is 1. The van der Waals surface area contributed by atoms with Crippen molar-refractivity contribution in [3.05, 3.63) is 27.7 Å². The summed E-state index contributed by atoms with van der Waals surface area (Å²) in [6.07, 6.45) is 2.32. The largest absolute Gasteiger partial charge is 0.331 e. The van der Waals surface area contributed by atoms with E-state index in [9.17, 15) is 13.2 Å². The smallest absolute Gasteiger partial charge is 0.256 e. The summed E-state index contributed by atoms with van der Waals surface area (Å²) in [6, 6.07) is 3.77. The van der Waals surface area contributed by atoms with E-state index in [1.165, 1.54) is 0 Å². The Labute approximate surface area is 152 Å². The normalized spacial score (nSPS) is 19.4. The first-order valence-electron chi connectivity index (χ1n) is 8.17. The van der Waals surface area contributed by atoms with Gasteiger partial charge in [0.15, 0.2) is 0 Å². The van der Waals surface area contributed by atoms with Gasteiger partial charge in [0.05, 0.1) is 16.0 Å². The van der Waals surface area contributed by atoms with Crippen LogP contribution < -0.4 is 4.72 Å². The van der Waals surface area contributed by atoms with Gasteiger partial charge in [0.2, 0.25) is 10.0 Å². The molecule has 132 valence electrons. The summed E-state index contributed by atoms with van der Waals surface area (Å²) in [5, 5.41) is 0. The summed E-state index contributed by atoms with van der Waals surface area (Å²) in [4.78, 5) is 14.8. The zero-order chi connectivity index (χ0) is 17.9. The summed E-state index contributed by atoms with van der Waals surface area (Å²) in [5.41, 5.74) is 1.72. The fourth-order valence-electron chi connectivity index (χ4n) is 2.98. The number of fused-ring (bicyclic) bond motifs is 1. The molecular formula is C17H23BrN2O3S. The molecule has 0 unspecified atom stereocenters. The molecule has 0 aromatic heterocycles. The molecule has 1 saturated carbocycles. The third kappa shape index (κ3) is 3.08. The first kappa shape index (κ1) is 17.7. The van der Waals surface area contributed by atoms with Crippen LogP contribution in [0.4, 0.5) is 5.69 Å². The number of hydrogen-bond donors (Lipinski definition) is 1. The van der Waals surface area contributed by atoms with Crippen molar-refractivity contribution >= 4 is 37.5 Å². The van der Waals surface area contributed by atoms with E-state index in [0.29, 0.717) is 23.7 Å². The Bertz CT molecular complexity index is 795. The number of halogens is 1. The second kappa shape index (κ2) is 5.73. The van der Waals surface area contributed by atoms with Gasteiger partial charge in [0.1, 0.15) is 0 Å². The molecule has 1 aliphatic heterocycles. The number of hydrogen-bond acceptors (Lipinski definition) is 3. The minimum atomic E-state index is -3.60. The molecule has 7 heteroatoms. The van der Waals surface area contributed by atoms with Crippen molar-refractivity contribution in [3.63, 3.8) is 0 Å². The van der Waals surface area contributed by atoms with Crippen molar-refractivity contribution in [2.75, 3.05) is 4.72 Å². The molecule has 1 heterocycles. The first-order chi connectivity index (χ1) is 11.0. The van der Waals surface area contributed by atoms with Crippen LogP contribution in [0.15, 0.2) is 16.6 Å². The molecule has 1 atom stereocenters. The van der Waals surface area contributed by atoms with Crippen LogP contribution in [0.1, 0.15) is 56.5 Å². The van der Waals surface area contributed by atoms with Gasteiger partial charge in [0.25, 0.3) is 5.91 Å². The Morgan fingerprint density at radius 1 is 1.29 bits per heavy atom. The molecule has 1 fully saturated rings. The van der Waals surface area contributed by atoms with Crippen LogP contribution in [-0.2, 0) is 16.6 Å². The van der Waals surface area contributed by atoms with Gasteiger partial charge in [-0.2, -0.15) is 0 Å². The molecule has 0 saturated heterocycles. The third-order valence-corrected chi connectivity index (χ3v) is 7.41. The predicted octanol–water partition coefficient (Wildman–Crippen LogP) is 3.74. The Morgan fingerprint density at radius 3 is 2.46 bits per heavy atom. The number of nitrogens with zero attached hydrogens (tertiary/aromatic N) is 1. The fraction of sp³-hybridized carbons (Fsp3) is 0.588. The molecule has 1 aromatic carbocycles. The molecule has 1 aliphatic carbocycles. The summed E-state index contributed by atoms with van der Waals surface area (Å²) >= 11 is 3.43. The lowest BCUT2D eigenvalue weighted by Gasteiger charge is -2.24.